The minimum atomic E-state index is 0.475. The van der Waals surface area contributed by atoms with Gasteiger partial charge in [0.25, 0.3) is 0 Å². The molecule has 0 aliphatic rings. The molecular formula is C20H13ClN4S. The number of fused-ring (bicyclic) bond motifs is 1. The lowest BCUT2D eigenvalue weighted by atomic mass is 10.2. The van der Waals surface area contributed by atoms with Crippen LogP contribution in [-0.2, 0) is 0 Å². The van der Waals surface area contributed by atoms with Gasteiger partial charge in [-0.25, -0.2) is 9.67 Å². The van der Waals surface area contributed by atoms with Gasteiger partial charge in [-0.05, 0) is 37.3 Å². The Morgan fingerprint density at radius 1 is 1.15 bits per heavy atom. The van der Waals surface area contributed by atoms with Crippen molar-refractivity contribution >= 4 is 44.8 Å². The smallest absolute Gasteiger partial charge is 0.140 e. The number of halogens is 1. The highest BCUT2D eigenvalue weighted by Crippen LogP contribution is 2.31. The standard InChI is InChI=1S/C20H13ClN4S/c1-13-16(19(21)25(24-13)15-7-3-2-4-8-15)11-14(12-22)20-23-17-9-5-6-10-18(17)26-20/h2-11H,1H3/b14-11+. The van der Waals surface area contributed by atoms with E-state index >= 15 is 0 Å². The lowest BCUT2D eigenvalue weighted by molar-refractivity contribution is 0.863. The quantitative estimate of drug-likeness (QED) is 0.443. The highest BCUT2D eigenvalue weighted by atomic mass is 35.5. The number of hydrogen-bond acceptors (Lipinski definition) is 4. The number of benzene rings is 2. The summed E-state index contributed by atoms with van der Waals surface area (Å²) in [6.45, 7) is 1.88. The van der Waals surface area contributed by atoms with Gasteiger partial charge >= 0.3 is 0 Å². The van der Waals surface area contributed by atoms with Crippen molar-refractivity contribution in [2.45, 2.75) is 6.92 Å². The van der Waals surface area contributed by atoms with Crippen LogP contribution in [0.15, 0.2) is 54.6 Å². The third-order valence-corrected chi connectivity index (χ3v) is 5.42. The number of hydrogen-bond donors (Lipinski definition) is 0. The van der Waals surface area contributed by atoms with Crippen LogP contribution in [0.4, 0.5) is 0 Å². The molecule has 0 aliphatic carbocycles. The van der Waals surface area contributed by atoms with E-state index in [1.165, 1.54) is 11.3 Å². The summed E-state index contributed by atoms with van der Waals surface area (Å²) in [5.74, 6) is 0. The maximum atomic E-state index is 9.65. The van der Waals surface area contributed by atoms with Gasteiger partial charge in [0.15, 0.2) is 0 Å². The lowest BCUT2D eigenvalue weighted by Crippen LogP contribution is -1.95. The topological polar surface area (TPSA) is 54.5 Å². The van der Waals surface area contributed by atoms with Crippen LogP contribution in [0.2, 0.25) is 5.15 Å². The molecule has 2 heterocycles. The molecule has 0 atom stereocenters. The molecule has 0 unspecified atom stereocenters. The summed E-state index contributed by atoms with van der Waals surface area (Å²) in [7, 11) is 0. The first-order valence-corrected chi connectivity index (χ1v) is 9.15. The normalized spacial score (nSPS) is 11.7. The molecular weight excluding hydrogens is 364 g/mol. The van der Waals surface area contributed by atoms with E-state index in [2.05, 4.69) is 16.2 Å². The maximum Gasteiger partial charge on any atom is 0.140 e. The van der Waals surface area contributed by atoms with E-state index < -0.39 is 0 Å². The SMILES string of the molecule is Cc1nn(-c2ccccc2)c(Cl)c1/C=C(\C#N)c1nc2ccccc2s1. The molecule has 0 bridgehead atoms. The van der Waals surface area contributed by atoms with E-state index in [0.717, 1.165) is 27.2 Å². The molecule has 4 nitrogen and oxygen atoms in total. The van der Waals surface area contributed by atoms with Crippen LogP contribution >= 0.6 is 22.9 Å². The highest BCUT2D eigenvalue weighted by molar-refractivity contribution is 7.19. The average molecular weight is 377 g/mol. The van der Waals surface area contributed by atoms with Crippen molar-refractivity contribution in [3.8, 4) is 11.8 Å². The number of aromatic nitrogens is 3. The Bertz CT molecular complexity index is 1130. The number of allylic oxidation sites excluding steroid dienone is 1. The summed E-state index contributed by atoms with van der Waals surface area (Å²) in [5.41, 5.74) is 3.72. The van der Waals surface area contributed by atoms with Crippen molar-refractivity contribution < 1.29 is 0 Å². The van der Waals surface area contributed by atoms with Gasteiger partial charge in [0, 0.05) is 5.56 Å². The molecule has 26 heavy (non-hydrogen) atoms. The van der Waals surface area contributed by atoms with Crippen molar-refractivity contribution in [2.24, 2.45) is 0 Å². The van der Waals surface area contributed by atoms with Crippen LogP contribution in [0.1, 0.15) is 16.3 Å². The van der Waals surface area contributed by atoms with E-state index in [4.69, 9.17) is 11.6 Å². The number of nitrogens with zero attached hydrogens (tertiary/aromatic N) is 4. The first-order chi connectivity index (χ1) is 12.7. The first-order valence-electron chi connectivity index (χ1n) is 7.95. The molecule has 2 aromatic heterocycles. The Hall–Kier alpha value is -2.94. The minimum absolute atomic E-state index is 0.475. The van der Waals surface area contributed by atoms with E-state index in [1.807, 2.05) is 61.5 Å². The van der Waals surface area contributed by atoms with Gasteiger partial charge in [0.05, 0.1) is 27.2 Å². The predicted molar refractivity (Wildman–Crippen MR) is 106 cm³/mol. The molecule has 4 aromatic rings. The second-order valence-electron chi connectivity index (χ2n) is 5.69. The summed E-state index contributed by atoms with van der Waals surface area (Å²) in [4.78, 5) is 4.56. The third-order valence-electron chi connectivity index (χ3n) is 3.98. The van der Waals surface area contributed by atoms with E-state index in [9.17, 15) is 5.26 Å². The van der Waals surface area contributed by atoms with Crippen LogP contribution in [0, 0.1) is 18.3 Å². The van der Waals surface area contributed by atoms with Gasteiger partial charge in [0.1, 0.15) is 16.2 Å². The number of thiazole rings is 1. The van der Waals surface area contributed by atoms with Gasteiger partial charge in [0.2, 0.25) is 0 Å². The highest BCUT2D eigenvalue weighted by Gasteiger charge is 2.16. The van der Waals surface area contributed by atoms with Crippen LogP contribution in [-0.4, -0.2) is 14.8 Å². The van der Waals surface area contributed by atoms with Crippen molar-refractivity contribution in [1.29, 1.82) is 5.26 Å². The fraction of sp³-hybridized carbons (Fsp3) is 0.0500. The van der Waals surface area contributed by atoms with Crippen LogP contribution < -0.4 is 0 Å². The molecule has 0 aliphatic heterocycles. The van der Waals surface area contributed by atoms with E-state index in [1.54, 1.807) is 10.8 Å². The molecule has 0 fully saturated rings. The zero-order valence-electron chi connectivity index (χ0n) is 13.8. The number of nitriles is 1. The second-order valence-corrected chi connectivity index (χ2v) is 7.08. The van der Waals surface area contributed by atoms with Gasteiger partial charge in [-0.15, -0.1) is 11.3 Å². The van der Waals surface area contributed by atoms with Gasteiger partial charge in [-0.2, -0.15) is 10.4 Å². The molecule has 0 N–H and O–H groups in total. The zero-order chi connectivity index (χ0) is 18.1. The largest absolute Gasteiger partial charge is 0.235 e. The second kappa shape index (κ2) is 6.75. The molecule has 4 rings (SSSR count). The molecule has 6 heteroatoms. The van der Waals surface area contributed by atoms with Crippen LogP contribution in [0.3, 0.4) is 0 Å². The Labute approximate surface area is 159 Å². The molecule has 0 saturated carbocycles. The Balaban J connectivity index is 1.82. The lowest BCUT2D eigenvalue weighted by Gasteiger charge is -2.02. The molecule has 0 radical (unpaired) electrons. The Morgan fingerprint density at radius 3 is 2.62 bits per heavy atom. The summed E-state index contributed by atoms with van der Waals surface area (Å²) in [6, 6.07) is 19.8. The van der Waals surface area contributed by atoms with Crippen molar-refractivity contribution in [3.63, 3.8) is 0 Å². The molecule has 0 amide bonds. The van der Waals surface area contributed by atoms with Gasteiger partial charge < -0.3 is 0 Å². The first kappa shape index (κ1) is 16.5. The predicted octanol–water partition coefficient (Wildman–Crippen LogP) is 5.51. The van der Waals surface area contributed by atoms with Crippen LogP contribution in [0.25, 0.3) is 27.6 Å². The Kier molecular flexibility index (Phi) is 4.29. The van der Waals surface area contributed by atoms with Crippen molar-refractivity contribution in [1.82, 2.24) is 14.8 Å². The molecule has 0 saturated heterocycles. The fourth-order valence-electron chi connectivity index (χ4n) is 2.69. The maximum absolute atomic E-state index is 9.65. The zero-order valence-corrected chi connectivity index (χ0v) is 15.4. The number of rotatable bonds is 3. The van der Waals surface area contributed by atoms with Crippen LogP contribution in [0.5, 0.6) is 0 Å². The summed E-state index contributed by atoms with van der Waals surface area (Å²) in [6.07, 6.45) is 1.77. The fourth-order valence-corrected chi connectivity index (χ4v) is 3.95. The number of para-hydroxylation sites is 2. The average Bonchev–Trinajstić information content (AvgIpc) is 3.22. The summed E-state index contributed by atoms with van der Waals surface area (Å²) < 4.78 is 2.72. The monoisotopic (exact) mass is 376 g/mol. The molecule has 2 aromatic carbocycles. The van der Waals surface area contributed by atoms with E-state index in [-0.39, 0.29) is 0 Å². The number of aryl methyl sites for hydroxylation is 1. The van der Waals surface area contributed by atoms with Crippen molar-refractivity contribution in [2.75, 3.05) is 0 Å². The summed E-state index contributed by atoms with van der Waals surface area (Å²) >= 11 is 8.05. The molecule has 0 spiro atoms. The third kappa shape index (κ3) is 2.90. The summed E-state index contributed by atoms with van der Waals surface area (Å²) in [5, 5.41) is 15.3. The van der Waals surface area contributed by atoms with Gasteiger partial charge in [-0.1, -0.05) is 41.9 Å². The van der Waals surface area contributed by atoms with Gasteiger partial charge in [-0.3, -0.25) is 0 Å². The van der Waals surface area contributed by atoms with E-state index in [0.29, 0.717) is 15.7 Å². The minimum Gasteiger partial charge on any atom is -0.235 e. The van der Waals surface area contributed by atoms with Crippen molar-refractivity contribution in [3.05, 3.63) is 76.0 Å². The Morgan fingerprint density at radius 2 is 1.88 bits per heavy atom. The molecule has 126 valence electrons.